The fourth-order valence-electron chi connectivity index (χ4n) is 4.82. The van der Waals surface area contributed by atoms with Crippen LogP contribution >= 0.6 is 11.8 Å². The number of benzene rings is 4. The minimum atomic E-state index is -0.599. The van der Waals surface area contributed by atoms with Crippen LogP contribution in [0.15, 0.2) is 103 Å². The number of hydrogen-bond acceptors (Lipinski definition) is 7. The van der Waals surface area contributed by atoms with Gasteiger partial charge in [0.1, 0.15) is 11.5 Å². The summed E-state index contributed by atoms with van der Waals surface area (Å²) in [5.41, 5.74) is 3.96. The van der Waals surface area contributed by atoms with Crippen LogP contribution in [-0.2, 0) is 16.1 Å². The summed E-state index contributed by atoms with van der Waals surface area (Å²) in [4.78, 5) is 12.7. The molecule has 4 aromatic carbocycles. The first kappa shape index (κ1) is 30.6. The predicted octanol–water partition coefficient (Wildman–Crippen LogP) is 7.13. The Balaban J connectivity index is 1.21. The fraction of sp³-hybridized carbons (Fsp3) is 0.265. The highest BCUT2D eigenvalue weighted by Crippen LogP contribution is 2.42. The van der Waals surface area contributed by atoms with E-state index < -0.39 is 6.29 Å². The van der Waals surface area contributed by atoms with Crippen molar-refractivity contribution in [1.82, 2.24) is 0 Å². The zero-order chi connectivity index (χ0) is 30.0. The highest BCUT2D eigenvalue weighted by Gasteiger charge is 2.38. The van der Waals surface area contributed by atoms with Crippen LogP contribution in [0.3, 0.4) is 0 Å². The quantitative estimate of drug-likeness (QED) is 0.136. The second-order valence-corrected chi connectivity index (χ2v) is 11.4. The van der Waals surface area contributed by atoms with Gasteiger partial charge >= 0.3 is 6.03 Å². The second-order valence-electron chi connectivity index (χ2n) is 10.3. The van der Waals surface area contributed by atoms with E-state index in [1.807, 2.05) is 78.9 Å². The highest BCUT2D eigenvalue weighted by atomic mass is 32.2. The molecule has 1 aliphatic heterocycles. The number of ether oxygens (including phenoxy) is 3. The molecule has 0 aliphatic carbocycles. The van der Waals surface area contributed by atoms with Crippen molar-refractivity contribution in [3.63, 3.8) is 0 Å². The fourth-order valence-corrected chi connectivity index (χ4v) is 5.73. The van der Waals surface area contributed by atoms with Crippen LogP contribution in [0, 0.1) is 5.92 Å². The molecular weight excluding hydrogens is 564 g/mol. The van der Waals surface area contributed by atoms with Gasteiger partial charge in [-0.05, 0) is 59.7 Å². The van der Waals surface area contributed by atoms with Crippen LogP contribution < -0.4 is 15.4 Å². The monoisotopic (exact) mass is 600 g/mol. The first-order valence-corrected chi connectivity index (χ1v) is 15.4. The maximum absolute atomic E-state index is 12.7. The molecular formula is C34H36N2O6S. The second kappa shape index (κ2) is 15.0. The van der Waals surface area contributed by atoms with Crippen LogP contribution in [0.2, 0.25) is 0 Å². The van der Waals surface area contributed by atoms with Gasteiger partial charge in [0, 0.05) is 34.4 Å². The Kier molecular flexibility index (Phi) is 10.7. The number of amides is 2. The van der Waals surface area contributed by atoms with Crippen LogP contribution in [0.4, 0.5) is 16.2 Å². The molecule has 1 fully saturated rings. The van der Waals surface area contributed by atoms with Crippen molar-refractivity contribution >= 4 is 29.2 Å². The van der Waals surface area contributed by atoms with E-state index in [9.17, 15) is 15.0 Å². The summed E-state index contributed by atoms with van der Waals surface area (Å²) in [7, 11) is 0. The summed E-state index contributed by atoms with van der Waals surface area (Å²) in [5.74, 6) is 2.86. The molecule has 0 saturated carbocycles. The van der Waals surface area contributed by atoms with Gasteiger partial charge in [-0.2, -0.15) is 11.8 Å². The number of aliphatic hydroxyl groups is 2. The average molecular weight is 601 g/mol. The van der Waals surface area contributed by atoms with Gasteiger partial charge in [0.25, 0.3) is 0 Å². The molecule has 43 heavy (non-hydrogen) atoms. The third-order valence-corrected chi connectivity index (χ3v) is 8.21. The van der Waals surface area contributed by atoms with E-state index in [0.29, 0.717) is 22.9 Å². The summed E-state index contributed by atoms with van der Waals surface area (Å²) in [5, 5.41) is 24.4. The van der Waals surface area contributed by atoms with Crippen molar-refractivity contribution in [3.8, 4) is 11.5 Å². The SMILES string of the molecule is C[C@H]1[C@@H](CSCCO)O[C@@H](c2ccc(NC(=O)Nc3ccc(Oc4ccccc4)cc3)cc2)O[C@H]1c1ccc(CO)cc1. The molecule has 0 aromatic heterocycles. The van der Waals surface area contributed by atoms with Gasteiger partial charge in [-0.25, -0.2) is 4.79 Å². The van der Waals surface area contributed by atoms with Crippen molar-refractivity contribution in [3.05, 3.63) is 120 Å². The molecule has 9 heteroatoms. The minimum Gasteiger partial charge on any atom is -0.457 e. The molecule has 5 rings (SSSR count). The van der Waals surface area contributed by atoms with Crippen LogP contribution in [0.25, 0.3) is 0 Å². The van der Waals surface area contributed by atoms with E-state index in [-0.39, 0.29) is 37.4 Å². The molecule has 4 N–H and O–H groups in total. The summed E-state index contributed by atoms with van der Waals surface area (Å²) < 4.78 is 18.7. The predicted molar refractivity (Wildman–Crippen MR) is 169 cm³/mol. The summed E-state index contributed by atoms with van der Waals surface area (Å²) in [6.07, 6.45) is -0.900. The minimum absolute atomic E-state index is 0.0120. The molecule has 2 amide bonds. The van der Waals surface area contributed by atoms with Crippen molar-refractivity contribution in [1.29, 1.82) is 0 Å². The molecule has 1 heterocycles. The molecule has 224 valence electrons. The van der Waals surface area contributed by atoms with E-state index in [4.69, 9.17) is 14.2 Å². The molecule has 1 aliphatic rings. The average Bonchev–Trinajstić information content (AvgIpc) is 3.04. The third-order valence-electron chi connectivity index (χ3n) is 7.17. The first-order valence-electron chi connectivity index (χ1n) is 14.2. The largest absolute Gasteiger partial charge is 0.457 e. The Bertz CT molecular complexity index is 1430. The number of urea groups is 1. The van der Waals surface area contributed by atoms with Gasteiger partial charge in [-0.3, -0.25) is 0 Å². The van der Waals surface area contributed by atoms with E-state index in [0.717, 1.165) is 28.2 Å². The number of anilines is 2. The first-order chi connectivity index (χ1) is 21.0. The number of carbonyl (C=O) groups is 1. The van der Waals surface area contributed by atoms with E-state index in [1.54, 1.807) is 36.0 Å². The number of nitrogens with one attached hydrogen (secondary N) is 2. The number of aliphatic hydroxyl groups excluding tert-OH is 2. The Labute approximate surface area is 256 Å². The lowest BCUT2D eigenvalue weighted by Crippen LogP contribution is -2.38. The Hall–Kier alpha value is -3.86. The normalized spacial score (nSPS) is 19.9. The molecule has 0 unspecified atom stereocenters. The number of carbonyl (C=O) groups excluding carboxylic acids is 1. The maximum Gasteiger partial charge on any atom is 0.323 e. The Morgan fingerprint density at radius 1 is 0.791 bits per heavy atom. The van der Waals surface area contributed by atoms with E-state index in [2.05, 4.69) is 17.6 Å². The number of para-hydroxylation sites is 1. The molecule has 4 aromatic rings. The van der Waals surface area contributed by atoms with Gasteiger partial charge in [-0.1, -0.05) is 61.5 Å². The number of rotatable bonds is 11. The summed E-state index contributed by atoms with van der Waals surface area (Å²) in [6.45, 7) is 2.22. The van der Waals surface area contributed by atoms with Gasteiger partial charge < -0.3 is 35.1 Å². The molecule has 1 saturated heterocycles. The van der Waals surface area contributed by atoms with Gasteiger partial charge in [0.15, 0.2) is 6.29 Å². The maximum atomic E-state index is 12.7. The van der Waals surface area contributed by atoms with Gasteiger partial charge in [0.2, 0.25) is 0 Å². The van der Waals surface area contributed by atoms with E-state index >= 15 is 0 Å². The molecule has 8 nitrogen and oxygen atoms in total. The lowest BCUT2D eigenvalue weighted by atomic mass is 9.91. The standard InChI is InChI=1S/C34H36N2O6S/c1-23-31(22-43-20-19-37)41-33(42-32(23)25-9-7-24(21-38)8-10-25)26-11-13-27(14-12-26)35-34(39)36-28-15-17-30(18-16-28)40-29-5-3-2-4-6-29/h2-18,23,31-33,37-38H,19-22H2,1H3,(H2,35,36,39)/t23-,31+,32+,33+/m0/s1. The summed E-state index contributed by atoms with van der Waals surface area (Å²) >= 11 is 1.65. The van der Waals surface area contributed by atoms with Crippen molar-refractivity contribution in [2.24, 2.45) is 5.92 Å². The molecule has 0 spiro atoms. The van der Waals surface area contributed by atoms with Crippen molar-refractivity contribution < 1.29 is 29.2 Å². The molecule has 4 atom stereocenters. The molecule has 0 bridgehead atoms. The lowest BCUT2D eigenvalue weighted by Gasteiger charge is -2.41. The van der Waals surface area contributed by atoms with E-state index in [1.165, 1.54) is 0 Å². The van der Waals surface area contributed by atoms with Crippen LogP contribution in [0.5, 0.6) is 11.5 Å². The molecule has 0 radical (unpaired) electrons. The van der Waals surface area contributed by atoms with Crippen LogP contribution in [-0.4, -0.2) is 40.5 Å². The third kappa shape index (κ3) is 8.37. The smallest absolute Gasteiger partial charge is 0.323 e. The number of hydrogen-bond donors (Lipinski definition) is 4. The lowest BCUT2D eigenvalue weighted by molar-refractivity contribution is -0.268. The number of thioether (sulfide) groups is 1. The zero-order valence-corrected chi connectivity index (χ0v) is 24.7. The van der Waals surface area contributed by atoms with Gasteiger partial charge in [0.05, 0.1) is 25.4 Å². The van der Waals surface area contributed by atoms with Crippen molar-refractivity contribution in [2.45, 2.75) is 32.0 Å². The Morgan fingerprint density at radius 2 is 1.40 bits per heavy atom. The highest BCUT2D eigenvalue weighted by molar-refractivity contribution is 7.99. The Morgan fingerprint density at radius 3 is 2.02 bits per heavy atom. The van der Waals surface area contributed by atoms with Gasteiger partial charge in [-0.15, -0.1) is 0 Å². The topological polar surface area (TPSA) is 109 Å². The summed E-state index contributed by atoms with van der Waals surface area (Å²) in [6, 6.07) is 31.5. The van der Waals surface area contributed by atoms with Crippen LogP contribution in [0.1, 0.15) is 36.0 Å². The zero-order valence-electron chi connectivity index (χ0n) is 23.9. The van der Waals surface area contributed by atoms with Crippen molar-refractivity contribution in [2.75, 3.05) is 28.7 Å².